The van der Waals surface area contributed by atoms with Crippen LogP contribution in [0.5, 0.6) is 0 Å². The molecular formula is C11H11N5O2S. The number of nitriles is 1. The van der Waals surface area contributed by atoms with Crippen molar-refractivity contribution in [3.63, 3.8) is 0 Å². The smallest absolute Gasteiger partial charge is 0.242 e. The van der Waals surface area contributed by atoms with Crippen LogP contribution in [0.2, 0.25) is 0 Å². The van der Waals surface area contributed by atoms with Gasteiger partial charge in [-0.2, -0.15) is 5.26 Å². The molecule has 0 aliphatic rings. The third-order valence-corrected chi connectivity index (χ3v) is 3.91. The quantitative estimate of drug-likeness (QED) is 0.695. The zero-order valence-corrected chi connectivity index (χ0v) is 10.6. The first-order chi connectivity index (χ1) is 9.03. The summed E-state index contributed by atoms with van der Waals surface area (Å²) < 4.78 is 26.5. The summed E-state index contributed by atoms with van der Waals surface area (Å²) in [7, 11) is -3.72. The molecule has 0 saturated heterocycles. The third kappa shape index (κ3) is 2.90. The molecule has 98 valence electrons. The first-order valence-electron chi connectivity index (χ1n) is 5.29. The van der Waals surface area contributed by atoms with Crippen LogP contribution in [0.3, 0.4) is 0 Å². The second-order valence-corrected chi connectivity index (χ2v) is 5.50. The fourth-order valence-corrected chi connectivity index (χ4v) is 2.61. The number of nitrogens with zero attached hydrogens (tertiary/aromatic N) is 2. The normalized spacial score (nSPS) is 11.1. The van der Waals surface area contributed by atoms with Gasteiger partial charge in [-0.3, -0.25) is 0 Å². The summed E-state index contributed by atoms with van der Waals surface area (Å²) >= 11 is 0. The summed E-state index contributed by atoms with van der Waals surface area (Å²) in [6, 6.07) is 5.93. The maximum Gasteiger partial charge on any atom is 0.242 e. The maximum absolute atomic E-state index is 12.0. The standard InChI is InChI=1S/C11H11N5O2S/c12-4-8-1-2-11(10(13)3-8)19(17,18)16-6-9-5-14-7-15-9/h1-3,5,7,16H,6,13H2,(H,14,15). The Bertz CT molecular complexity index is 716. The fourth-order valence-electron chi connectivity index (χ4n) is 1.49. The molecule has 0 fully saturated rings. The highest BCUT2D eigenvalue weighted by molar-refractivity contribution is 7.89. The van der Waals surface area contributed by atoms with Crippen molar-refractivity contribution < 1.29 is 8.42 Å². The minimum Gasteiger partial charge on any atom is -0.398 e. The van der Waals surface area contributed by atoms with Crippen LogP contribution in [0.25, 0.3) is 0 Å². The van der Waals surface area contributed by atoms with Gasteiger partial charge in [0.1, 0.15) is 4.90 Å². The number of nitrogens with one attached hydrogen (secondary N) is 2. The number of anilines is 1. The number of H-pyrrole nitrogens is 1. The van der Waals surface area contributed by atoms with Crippen LogP contribution in [0.4, 0.5) is 5.69 Å². The highest BCUT2D eigenvalue weighted by Gasteiger charge is 2.17. The van der Waals surface area contributed by atoms with Gasteiger partial charge in [0, 0.05) is 11.9 Å². The molecule has 2 aromatic rings. The minimum atomic E-state index is -3.72. The number of aromatic nitrogens is 2. The van der Waals surface area contributed by atoms with E-state index in [1.165, 1.54) is 30.7 Å². The number of hydrogen-bond donors (Lipinski definition) is 3. The monoisotopic (exact) mass is 277 g/mol. The molecular weight excluding hydrogens is 266 g/mol. The highest BCUT2D eigenvalue weighted by Crippen LogP contribution is 2.19. The van der Waals surface area contributed by atoms with Crippen molar-refractivity contribution in [1.29, 1.82) is 5.26 Å². The lowest BCUT2D eigenvalue weighted by Crippen LogP contribution is -2.24. The molecule has 1 heterocycles. The average molecular weight is 277 g/mol. The number of sulfonamides is 1. The summed E-state index contributed by atoms with van der Waals surface area (Å²) in [6.45, 7) is 0.0851. The third-order valence-electron chi connectivity index (χ3n) is 2.44. The molecule has 0 aliphatic heterocycles. The highest BCUT2D eigenvalue weighted by atomic mass is 32.2. The molecule has 0 bridgehead atoms. The SMILES string of the molecule is N#Cc1ccc(S(=O)(=O)NCc2cnc[nH]2)c(N)c1. The van der Waals surface area contributed by atoms with Gasteiger partial charge in [-0.15, -0.1) is 0 Å². The molecule has 0 amide bonds. The Balaban J connectivity index is 2.22. The molecule has 0 atom stereocenters. The summed E-state index contributed by atoms with van der Waals surface area (Å²) in [4.78, 5) is 6.52. The van der Waals surface area contributed by atoms with Gasteiger partial charge < -0.3 is 10.7 Å². The van der Waals surface area contributed by atoms with Gasteiger partial charge in [0.15, 0.2) is 0 Å². The van der Waals surface area contributed by atoms with Crippen molar-refractivity contribution in [2.24, 2.45) is 0 Å². The largest absolute Gasteiger partial charge is 0.398 e. The molecule has 0 saturated carbocycles. The Morgan fingerprint density at radius 2 is 2.26 bits per heavy atom. The van der Waals surface area contributed by atoms with Crippen molar-refractivity contribution in [3.8, 4) is 6.07 Å². The van der Waals surface area contributed by atoms with Gasteiger partial charge in [-0.1, -0.05) is 0 Å². The number of nitrogen functional groups attached to an aromatic ring is 1. The second kappa shape index (κ2) is 5.09. The van der Waals surface area contributed by atoms with E-state index in [9.17, 15) is 8.42 Å². The van der Waals surface area contributed by atoms with Crippen LogP contribution in [0.1, 0.15) is 11.3 Å². The predicted octanol–water partition coefficient (Wildman–Crippen LogP) is 0.342. The van der Waals surface area contributed by atoms with Gasteiger partial charge in [-0.05, 0) is 18.2 Å². The first-order valence-corrected chi connectivity index (χ1v) is 6.78. The maximum atomic E-state index is 12.0. The van der Waals surface area contributed by atoms with E-state index >= 15 is 0 Å². The average Bonchev–Trinajstić information content (AvgIpc) is 2.89. The molecule has 0 radical (unpaired) electrons. The molecule has 1 aromatic carbocycles. The molecule has 0 unspecified atom stereocenters. The van der Waals surface area contributed by atoms with E-state index in [1.807, 2.05) is 6.07 Å². The van der Waals surface area contributed by atoms with Crippen molar-refractivity contribution in [2.75, 3.05) is 5.73 Å². The molecule has 19 heavy (non-hydrogen) atoms. The lowest BCUT2D eigenvalue weighted by Gasteiger charge is -2.08. The number of benzene rings is 1. The number of rotatable bonds is 4. The Hall–Kier alpha value is -2.37. The first kappa shape index (κ1) is 13.1. The second-order valence-electron chi connectivity index (χ2n) is 3.77. The van der Waals surface area contributed by atoms with Gasteiger partial charge in [-0.25, -0.2) is 18.1 Å². The summed E-state index contributed by atoms with van der Waals surface area (Å²) in [5, 5.41) is 8.70. The molecule has 0 aliphatic carbocycles. The van der Waals surface area contributed by atoms with Crippen LogP contribution < -0.4 is 10.5 Å². The number of hydrogen-bond acceptors (Lipinski definition) is 5. The Kier molecular flexibility index (Phi) is 3.50. The molecule has 0 spiro atoms. The van der Waals surface area contributed by atoms with Gasteiger partial charge in [0.05, 0.1) is 30.2 Å². The van der Waals surface area contributed by atoms with Crippen LogP contribution in [-0.2, 0) is 16.6 Å². The Morgan fingerprint density at radius 1 is 1.47 bits per heavy atom. The predicted molar refractivity (Wildman–Crippen MR) is 68.2 cm³/mol. The number of aromatic amines is 1. The van der Waals surface area contributed by atoms with Crippen molar-refractivity contribution in [2.45, 2.75) is 11.4 Å². The topological polar surface area (TPSA) is 125 Å². The van der Waals surface area contributed by atoms with Gasteiger partial charge in [0.25, 0.3) is 0 Å². The van der Waals surface area contributed by atoms with E-state index in [4.69, 9.17) is 11.0 Å². The summed E-state index contributed by atoms with van der Waals surface area (Å²) in [5.41, 5.74) is 6.62. The van der Waals surface area contributed by atoms with Crippen LogP contribution in [0.15, 0.2) is 35.6 Å². The van der Waals surface area contributed by atoms with Crippen molar-refractivity contribution in [3.05, 3.63) is 42.0 Å². The summed E-state index contributed by atoms with van der Waals surface area (Å²) in [5.74, 6) is 0. The molecule has 7 nitrogen and oxygen atoms in total. The molecule has 2 rings (SSSR count). The van der Waals surface area contributed by atoms with E-state index in [0.29, 0.717) is 11.3 Å². The van der Waals surface area contributed by atoms with Crippen molar-refractivity contribution in [1.82, 2.24) is 14.7 Å². The van der Waals surface area contributed by atoms with Gasteiger partial charge in [0.2, 0.25) is 10.0 Å². The Morgan fingerprint density at radius 3 is 2.84 bits per heavy atom. The molecule has 8 heteroatoms. The summed E-state index contributed by atoms with van der Waals surface area (Å²) in [6.07, 6.45) is 2.98. The zero-order chi connectivity index (χ0) is 13.9. The van der Waals surface area contributed by atoms with Crippen LogP contribution >= 0.6 is 0 Å². The van der Waals surface area contributed by atoms with Crippen LogP contribution in [0, 0.1) is 11.3 Å². The van der Waals surface area contributed by atoms with E-state index < -0.39 is 10.0 Å². The minimum absolute atomic E-state index is 0.0381. The van der Waals surface area contributed by atoms with Gasteiger partial charge >= 0.3 is 0 Å². The number of imidazole rings is 1. The molecule has 1 aromatic heterocycles. The van der Waals surface area contributed by atoms with Crippen LogP contribution in [-0.4, -0.2) is 18.4 Å². The lowest BCUT2D eigenvalue weighted by atomic mass is 10.2. The fraction of sp³-hybridized carbons (Fsp3) is 0.0909. The van der Waals surface area contributed by atoms with Crippen molar-refractivity contribution >= 4 is 15.7 Å². The Labute approximate surface area is 110 Å². The van der Waals surface area contributed by atoms with E-state index in [0.717, 1.165) is 0 Å². The molecule has 4 N–H and O–H groups in total. The van der Waals surface area contributed by atoms with E-state index in [2.05, 4.69) is 14.7 Å². The van der Waals surface area contributed by atoms with E-state index in [-0.39, 0.29) is 17.1 Å². The zero-order valence-electron chi connectivity index (χ0n) is 9.79. The lowest BCUT2D eigenvalue weighted by molar-refractivity contribution is 0.581. The number of nitrogens with two attached hydrogens (primary N) is 1. The van der Waals surface area contributed by atoms with E-state index in [1.54, 1.807) is 0 Å².